The molecule has 0 spiro atoms. The van der Waals surface area contributed by atoms with Crippen molar-refractivity contribution in [2.24, 2.45) is 12.0 Å². The summed E-state index contributed by atoms with van der Waals surface area (Å²) in [6.45, 7) is 5.36. The first-order valence-corrected chi connectivity index (χ1v) is 8.31. The fourth-order valence-electron chi connectivity index (χ4n) is 2.30. The molecule has 0 aliphatic carbocycles. The maximum absolute atomic E-state index is 10.6. The molecule has 136 valence electrons. The number of nitrogens with one attached hydrogen (secondary N) is 2. The van der Waals surface area contributed by atoms with E-state index >= 15 is 0 Å². The molecule has 0 fully saturated rings. The van der Waals surface area contributed by atoms with E-state index in [1.165, 1.54) is 0 Å². The molecule has 1 heterocycles. The molecule has 0 saturated heterocycles. The number of aliphatic hydroxyl groups is 1. The van der Waals surface area contributed by atoms with Crippen LogP contribution in [0.3, 0.4) is 0 Å². The number of hydrogen-bond donors (Lipinski definition) is 3. The SMILES string of the molecule is CCNC(=NCc1ccc(OC)cc1)NCC(C)(O)c1cnn(C)c1. The normalized spacial score (nSPS) is 14.0. The van der Waals surface area contributed by atoms with Gasteiger partial charge in [0.1, 0.15) is 11.4 Å². The topological polar surface area (TPSA) is 83.7 Å². The Morgan fingerprint density at radius 2 is 2.04 bits per heavy atom. The fourth-order valence-corrected chi connectivity index (χ4v) is 2.30. The highest BCUT2D eigenvalue weighted by Crippen LogP contribution is 2.18. The van der Waals surface area contributed by atoms with Gasteiger partial charge < -0.3 is 20.5 Å². The van der Waals surface area contributed by atoms with Crippen molar-refractivity contribution in [2.45, 2.75) is 26.0 Å². The molecule has 0 aliphatic heterocycles. The van der Waals surface area contributed by atoms with Crippen LogP contribution >= 0.6 is 0 Å². The Kier molecular flexibility index (Phi) is 6.41. The number of nitrogens with zero attached hydrogens (tertiary/aromatic N) is 3. The maximum Gasteiger partial charge on any atom is 0.191 e. The first-order valence-electron chi connectivity index (χ1n) is 8.31. The second-order valence-electron chi connectivity index (χ2n) is 6.07. The number of rotatable bonds is 7. The van der Waals surface area contributed by atoms with Crippen molar-refractivity contribution in [3.05, 3.63) is 47.8 Å². The molecule has 1 unspecified atom stereocenters. The molecule has 2 rings (SSSR count). The Balaban J connectivity index is 1.99. The smallest absolute Gasteiger partial charge is 0.191 e. The monoisotopic (exact) mass is 345 g/mol. The minimum Gasteiger partial charge on any atom is -0.497 e. The lowest BCUT2D eigenvalue weighted by Gasteiger charge is -2.23. The molecule has 0 amide bonds. The number of benzene rings is 1. The van der Waals surface area contributed by atoms with Gasteiger partial charge in [-0.05, 0) is 31.5 Å². The first kappa shape index (κ1) is 18.8. The Morgan fingerprint density at radius 1 is 1.32 bits per heavy atom. The number of hydrogen-bond acceptors (Lipinski definition) is 4. The average molecular weight is 345 g/mol. The van der Waals surface area contributed by atoms with Crippen LogP contribution in [0.5, 0.6) is 5.75 Å². The summed E-state index contributed by atoms with van der Waals surface area (Å²) in [7, 11) is 3.47. The van der Waals surface area contributed by atoms with E-state index in [4.69, 9.17) is 4.74 Å². The Morgan fingerprint density at radius 3 is 2.60 bits per heavy atom. The molecule has 2 aromatic rings. The van der Waals surface area contributed by atoms with Crippen molar-refractivity contribution in [1.29, 1.82) is 0 Å². The van der Waals surface area contributed by atoms with Crippen LogP contribution in [-0.4, -0.2) is 41.0 Å². The lowest BCUT2D eigenvalue weighted by atomic mass is 10.00. The zero-order chi connectivity index (χ0) is 18.3. The predicted octanol–water partition coefficient (Wildman–Crippen LogP) is 1.39. The molecule has 1 aromatic carbocycles. The molecule has 7 heteroatoms. The van der Waals surface area contributed by atoms with Crippen molar-refractivity contribution in [3.63, 3.8) is 0 Å². The molecule has 3 N–H and O–H groups in total. The quantitative estimate of drug-likeness (QED) is 0.522. The largest absolute Gasteiger partial charge is 0.497 e. The highest BCUT2D eigenvalue weighted by molar-refractivity contribution is 5.79. The van der Waals surface area contributed by atoms with E-state index in [0.717, 1.165) is 23.4 Å². The van der Waals surface area contributed by atoms with Gasteiger partial charge in [0.2, 0.25) is 0 Å². The second kappa shape index (κ2) is 8.53. The summed E-state index contributed by atoms with van der Waals surface area (Å²) in [5, 5.41) is 21.1. The van der Waals surface area contributed by atoms with Crippen LogP contribution in [0.4, 0.5) is 0 Å². The average Bonchev–Trinajstić information content (AvgIpc) is 3.05. The third-order valence-corrected chi connectivity index (χ3v) is 3.85. The minimum atomic E-state index is -1.04. The lowest BCUT2D eigenvalue weighted by Crippen LogP contribution is -2.44. The number of methoxy groups -OCH3 is 1. The van der Waals surface area contributed by atoms with Gasteiger partial charge in [-0.25, -0.2) is 4.99 Å². The summed E-state index contributed by atoms with van der Waals surface area (Å²) in [5.74, 6) is 1.48. The van der Waals surface area contributed by atoms with Gasteiger partial charge in [-0.15, -0.1) is 0 Å². The van der Waals surface area contributed by atoms with E-state index in [1.807, 2.05) is 44.4 Å². The first-order chi connectivity index (χ1) is 11.9. The molecular formula is C18H27N5O2. The van der Waals surface area contributed by atoms with Crippen molar-refractivity contribution >= 4 is 5.96 Å². The second-order valence-corrected chi connectivity index (χ2v) is 6.07. The number of ether oxygens (including phenoxy) is 1. The van der Waals surface area contributed by atoms with Gasteiger partial charge in [0.15, 0.2) is 5.96 Å². The van der Waals surface area contributed by atoms with Crippen LogP contribution < -0.4 is 15.4 Å². The summed E-state index contributed by atoms with van der Waals surface area (Å²) >= 11 is 0. The standard InChI is InChI=1S/C18H27N5O2/c1-5-19-17(20-10-14-6-8-16(25-4)9-7-14)21-13-18(2,24)15-11-22-23(3)12-15/h6-9,11-12,24H,5,10,13H2,1-4H3,(H2,19,20,21). The Hall–Kier alpha value is -2.54. The summed E-state index contributed by atoms with van der Waals surface area (Å²) in [4.78, 5) is 4.56. The third-order valence-electron chi connectivity index (χ3n) is 3.85. The molecule has 0 aliphatic rings. The maximum atomic E-state index is 10.6. The summed E-state index contributed by atoms with van der Waals surface area (Å²) in [5.41, 5.74) is 0.801. The van der Waals surface area contributed by atoms with Crippen molar-refractivity contribution in [2.75, 3.05) is 20.2 Å². The lowest BCUT2D eigenvalue weighted by molar-refractivity contribution is 0.0616. The van der Waals surface area contributed by atoms with Gasteiger partial charge in [-0.2, -0.15) is 5.10 Å². The molecule has 0 radical (unpaired) electrons. The van der Waals surface area contributed by atoms with Crippen molar-refractivity contribution in [1.82, 2.24) is 20.4 Å². The Labute approximate surface area is 148 Å². The van der Waals surface area contributed by atoms with Gasteiger partial charge in [0, 0.05) is 25.4 Å². The van der Waals surface area contributed by atoms with E-state index < -0.39 is 5.60 Å². The highest BCUT2D eigenvalue weighted by atomic mass is 16.5. The van der Waals surface area contributed by atoms with Gasteiger partial charge in [-0.1, -0.05) is 12.1 Å². The third kappa shape index (κ3) is 5.49. The molecule has 1 aromatic heterocycles. The van der Waals surface area contributed by atoms with E-state index in [9.17, 15) is 5.11 Å². The van der Waals surface area contributed by atoms with E-state index in [0.29, 0.717) is 19.0 Å². The number of aryl methyl sites for hydroxylation is 1. The Bertz CT molecular complexity index is 692. The molecule has 0 bridgehead atoms. The zero-order valence-electron chi connectivity index (χ0n) is 15.3. The fraction of sp³-hybridized carbons (Fsp3) is 0.444. The number of aliphatic imine (C=N–C) groups is 1. The van der Waals surface area contributed by atoms with Gasteiger partial charge >= 0.3 is 0 Å². The highest BCUT2D eigenvalue weighted by Gasteiger charge is 2.24. The van der Waals surface area contributed by atoms with Crippen molar-refractivity contribution in [3.8, 4) is 5.75 Å². The van der Waals surface area contributed by atoms with Gasteiger partial charge in [0.25, 0.3) is 0 Å². The number of aromatic nitrogens is 2. The van der Waals surface area contributed by atoms with Crippen LogP contribution in [0.25, 0.3) is 0 Å². The molecule has 25 heavy (non-hydrogen) atoms. The van der Waals surface area contributed by atoms with Crippen LogP contribution in [0.2, 0.25) is 0 Å². The molecule has 0 saturated carbocycles. The summed E-state index contributed by atoms with van der Waals surface area (Å²) in [6, 6.07) is 7.80. The number of guanidine groups is 1. The minimum absolute atomic E-state index is 0.327. The van der Waals surface area contributed by atoms with E-state index in [1.54, 1.807) is 24.9 Å². The van der Waals surface area contributed by atoms with Gasteiger partial charge in [-0.3, -0.25) is 4.68 Å². The van der Waals surface area contributed by atoms with Crippen molar-refractivity contribution < 1.29 is 9.84 Å². The predicted molar refractivity (Wildman–Crippen MR) is 98.6 cm³/mol. The van der Waals surface area contributed by atoms with E-state index in [-0.39, 0.29) is 0 Å². The van der Waals surface area contributed by atoms with Crippen LogP contribution in [0.15, 0.2) is 41.7 Å². The molecular weight excluding hydrogens is 318 g/mol. The van der Waals surface area contributed by atoms with Crippen LogP contribution in [0.1, 0.15) is 25.0 Å². The molecule has 1 atom stereocenters. The van der Waals surface area contributed by atoms with Crippen LogP contribution in [-0.2, 0) is 19.2 Å². The van der Waals surface area contributed by atoms with Crippen LogP contribution in [0, 0.1) is 0 Å². The summed E-state index contributed by atoms with van der Waals surface area (Å²) in [6.07, 6.45) is 3.48. The zero-order valence-corrected chi connectivity index (χ0v) is 15.3. The van der Waals surface area contributed by atoms with Gasteiger partial charge in [0.05, 0.1) is 26.4 Å². The van der Waals surface area contributed by atoms with E-state index in [2.05, 4.69) is 20.7 Å². The molecule has 7 nitrogen and oxygen atoms in total. The summed E-state index contributed by atoms with van der Waals surface area (Å²) < 4.78 is 6.83.